The van der Waals surface area contributed by atoms with Crippen molar-refractivity contribution in [3.05, 3.63) is 17.9 Å². The maximum absolute atomic E-state index is 5.82. The molecule has 0 aliphatic carbocycles. The lowest BCUT2D eigenvalue weighted by Gasteiger charge is -2.10. The van der Waals surface area contributed by atoms with Gasteiger partial charge in [0.1, 0.15) is 7.85 Å². The molecule has 12 heavy (non-hydrogen) atoms. The molecule has 0 saturated heterocycles. The molecule has 2 N–H and O–H groups in total. The highest BCUT2D eigenvalue weighted by molar-refractivity contribution is 9.15. The van der Waals surface area contributed by atoms with Crippen LogP contribution in [0.3, 0.4) is 0 Å². The standard InChI is InChI=1S/C6H4BBr4N/c7-1-2(8)3(9)4(10)5(11)6(1)12/h7,12H2. The van der Waals surface area contributed by atoms with E-state index in [1.165, 1.54) is 0 Å². The number of nitrogen functional groups attached to an aromatic ring is 1. The summed E-state index contributed by atoms with van der Waals surface area (Å²) in [6, 6.07) is 0. The molecule has 64 valence electrons. The van der Waals surface area contributed by atoms with E-state index in [0.29, 0.717) is 0 Å². The SMILES string of the molecule is Bc1c(N)c(Br)c(Br)c(Br)c1Br. The average Bonchev–Trinajstić information content (AvgIpc) is 2.08. The molecule has 1 rings (SSSR count). The van der Waals surface area contributed by atoms with Crippen LogP contribution in [0.15, 0.2) is 17.9 Å². The Labute approximate surface area is 105 Å². The van der Waals surface area contributed by atoms with Crippen molar-refractivity contribution in [2.75, 3.05) is 5.73 Å². The van der Waals surface area contributed by atoms with Crippen molar-refractivity contribution >= 4 is 82.7 Å². The predicted molar refractivity (Wildman–Crippen MR) is 69.8 cm³/mol. The Morgan fingerprint density at radius 3 is 1.75 bits per heavy atom. The molecule has 0 fully saturated rings. The average molecular weight is 421 g/mol. The van der Waals surface area contributed by atoms with E-state index in [1.807, 2.05) is 7.85 Å². The van der Waals surface area contributed by atoms with Gasteiger partial charge < -0.3 is 5.73 Å². The Morgan fingerprint density at radius 1 is 0.833 bits per heavy atom. The van der Waals surface area contributed by atoms with Gasteiger partial charge in [0.05, 0.1) is 4.47 Å². The molecule has 0 aliphatic heterocycles. The maximum atomic E-state index is 5.82. The fraction of sp³-hybridized carbons (Fsp3) is 0. The maximum Gasteiger partial charge on any atom is 0.143 e. The highest BCUT2D eigenvalue weighted by Gasteiger charge is 2.13. The number of halogens is 4. The van der Waals surface area contributed by atoms with Gasteiger partial charge in [0.2, 0.25) is 0 Å². The molecule has 0 unspecified atom stereocenters. The predicted octanol–water partition coefficient (Wildman–Crippen LogP) is 2.58. The third-order valence-corrected chi connectivity index (χ3v) is 6.54. The molecular formula is C6H4BBr4N. The first-order valence-electron chi connectivity index (χ1n) is 3.04. The van der Waals surface area contributed by atoms with Crippen molar-refractivity contribution < 1.29 is 0 Å². The Balaban J connectivity index is 3.60. The lowest BCUT2D eigenvalue weighted by Crippen LogP contribution is -2.13. The van der Waals surface area contributed by atoms with Gasteiger partial charge in [-0.25, -0.2) is 0 Å². The van der Waals surface area contributed by atoms with E-state index in [9.17, 15) is 0 Å². The van der Waals surface area contributed by atoms with E-state index < -0.39 is 0 Å². The molecule has 0 spiro atoms. The molecule has 0 radical (unpaired) electrons. The minimum absolute atomic E-state index is 0.747. The number of hydrogen-bond acceptors (Lipinski definition) is 1. The van der Waals surface area contributed by atoms with Crippen molar-refractivity contribution in [1.29, 1.82) is 0 Å². The van der Waals surface area contributed by atoms with Crippen LogP contribution in [0.4, 0.5) is 5.69 Å². The Hall–Kier alpha value is 1.00. The van der Waals surface area contributed by atoms with Crippen LogP contribution in [0.1, 0.15) is 0 Å². The van der Waals surface area contributed by atoms with Crippen LogP contribution in [0.5, 0.6) is 0 Å². The monoisotopic (exact) mass is 417 g/mol. The molecule has 0 amide bonds. The van der Waals surface area contributed by atoms with Crippen LogP contribution in [0, 0.1) is 0 Å². The van der Waals surface area contributed by atoms with E-state index in [0.717, 1.165) is 29.0 Å². The van der Waals surface area contributed by atoms with Crippen molar-refractivity contribution in [1.82, 2.24) is 0 Å². The second kappa shape index (κ2) is 4.03. The molecule has 0 bridgehead atoms. The van der Waals surface area contributed by atoms with Crippen molar-refractivity contribution in [3.8, 4) is 0 Å². The number of benzene rings is 1. The summed E-state index contributed by atoms with van der Waals surface area (Å²) in [6.07, 6.45) is 0. The molecule has 0 heterocycles. The second-order valence-corrected chi connectivity index (χ2v) is 5.47. The number of anilines is 1. The largest absolute Gasteiger partial charge is 0.398 e. The van der Waals surface area contributed by atoms with E-state index in [-0.39, 0.29) is 0 Å². The molecular weight excluding hydrogens is 417 g/mol. The number of hydrogen-bond donors (Lipinski definition) is 1. The summed E-state index contributed by atoms with van der Waals surface area (Å²) in [5.41, 5.74) is 7.60. The van der Waals surface area contributed by atoms with E-state index >= 15 is 0 Å². The Bertz CT molecular complexity index is 234. The molecule has 0 aromatic heterocycles. The minimum Gasteiger partial charge on any atom is -0.398 e. The molecule has 1 aromatic rings. The summed E-state index contributed by atoms with van der Waals surface area (Å²) in [4.78, 5) is 0. The fourth-order valence-corrected chi connectivity index (χ4v) is 3.11. The van der Waals surface area contributed by atoms with Gasteiger partial charge in [0, 0.05) is 19.1 Å². The summed E-state index contributed by atoms with van der Waals surface area (Å²) >= 11 is 13.7. The normalized spacial score (nSPS) is 10.3. The van der Waals surface area contributed by atoms with Gasteiger partial charge in [-0.2, -0.15) is 0 Å². The zero-order chi connectivity index (χ0) is 9.46. The summed E-state index contributed by atoms with van der Waals surface area (Å²) < 4.78 is 3.77. The van der Waals surface area contributed by atoms with Gasteiger partial charge in [0.15, 0.2) is 0 Å². The van der Waals surface area contributed by atoms with Gasteiger partial charge in [0.25, 0.3) is 0 Å². The lowest BCUT2D eigenvalue weighted by atomic mass is 9.94. The van der Waals surface area contributed by atoms with Gasteiger partial charge in [-0.15, -0.1) is 0 Å². The summed E-state index contributed by atoms with van der Waals surface area (Å²) in [5, 5.41) is 0. The first-order chi connectivity index (χ1) is 5.46. The zero-order valence-electron chi connectivity index (χ0n) is 6.09. The van der Waals surface area contributed by atoms with Crippen molar-refractivity contribution in [2.24, 2.45) is 0 Å². The summed E-state index contributed by atoms with van der Waals surface area (Å²) in [5.74, 6) is 0. The molecule has 6 heteroatoms. The highest BCUT2D eigenvalue weighted by atomic mass is 79.9. The molecule has 0 saturated carbocycles. The van der Waals surface area contributed by atoms with Crippen LogP contribution < -0.4 is 11.2 Å². The van der Waals surface area contributed by atoms with Crippen LogP contribution in [0.25, 0.3) is 0 Å². The van der Waals surface area contributed by atoms with E-state index in [4.69, 9.17) is 5.73 Å². The first-order valence-corrected chi connectivity index (χ1v) is 6.22. The molecule has 1 aromatic carbocycles. The Morgan fingerprint density at radius 2 is 1.25 bits per heavy atom. The van der Waals surface area contributed by atoms with Crippen LogP contribution >= 0.6 is 63.7 Å². The smallest absolute Gasteiger partial charge is 0.143 e. The lowest BCUT2D eigenvalue weighted by molar-refractivity contribution is 1.53. The molecule has 0 atom stereocenters. The van der Waals surface area contributed by atoms with Crippen LogP contribution in [0.2, 0.25) is 0 Å². The molecule has 1 nitrogen and oxygen atoms in total. The van der Waals surface area contributed by atoms with Gasteiger partial charge in [-0.3, -0.25) is 0 Å². The topological polar surface area (TPSA) is 26.0 Å². The van der Waals surface area contributed by atoms with E-state index in [2.05, 4.69) is 63.7 Å². The Kier molecular flexibility index (Phi) is 3.72. The minimum atomic E-state index is 0.747. The summed E-state index contributed by atoms with van der Waals surface area (Å²) in [7, 11) is 1.96. The summed E-state index contributed by atoms with van der Waals surface area (Å²) in [6.45, 7) is 0. The van der Waals surface area contributed by atoms with Crippen molar-refractivity contribution in [2.45, 2.75) is 0 Å². The van der Waals surface area contributed by atoms with Gasteiger partial charge in [-0.1, -0.05) is 21.4 Å². The molecule has 0 aliphatic rings. The van der Waals surface area contributed by atoms with Gasteiger partial charge in [-0.05, 0) is 47.8 Å². The third kappa shape index (κ3) is 1.76. The zero-order valence-corrected chi connectivity index (χ0v) is 12.4. The number of rotatable bonds is 0. The second-order valence-electron chi connectivity index (χ2n) is 2.29. The third-order valence-electron chi connectivity index (χ3n) is 1.55. The number of nitrogens with two attached hydrogens (primary N) is 1. The first kappa shape index (κ1) is 11.1. The highest BCUT2D eigenvalue weighted by Crippen LogP contribution is 2.38. The van der Waals surface area contributed by atoms with E-state index in [1.54, 1.807) is 0 Å². The quantitative estimate of drug-likeness (QED) is 0.297. The van der Waals surface area contributed by atoms with Crippen LogP contribution in [-0.4, -0.2) is 7.85 Å². The fourth-order valence-electron chi connectivity index (χ4n) is 0.758. The van der Waals surface area contributed by atoms with Crippen LogP contribution in [-0.2, 0) is 0 Å². The van der Waals surface area contributed by atoms with Gasteiger partial charge >= 0.3 is 0 Å². The van der Waals surface area contributed by atoms with Crippen molar-refractivity contribution in [3.63, 3.8) is 0 Å².